The summed E-state index contributed by atoms with van der Waals surface area (Å²) >= 11 is 1.52. The minimum absolute atomic E-state index is 0. The van der Waals surface area contributed by atoms with E-state index in [4.69, 9.17) is 0 Å². The molecule has 0 aromatic carbocycles. The molecule has 1 aliphatic carbocycles. The minimum atomic E-state index is 0. The van der Waals surface area contributed by atoms with Crippen molar-refractivity contribution in [3.05, 3.63) is 0 Å². The molecular formula is C7H13ClZn. The third-order valence-electron chi connectivity index (χ3n) is 2.13. The summed E-state index contributed by atoms with van der Waals surface area (Å²) in [5, 5.41) is 1.54. The molecule has 0 spiro atoms. The first-order valence-electron chi connectivity index (χ1n) is 3.72. The maximum atomic E-state index is 1.54. The summed E-state index contributed by atoms with van der Waals surface area (Å²) in [6, 6.07) is 0. The summed E-state index contributed by atoms with van der Waals surface area (Å²) in [5.41, 5.74) is 0. The Bertz CT molecular complexity index is 59.9. The molecule has 9 heavy (non-hydrogen) atoms. The number of hydrogen-bond acceptors (Lipinski definition) is 0. The monoisotopic (exact) mass is 196 g/mol. The third kappa shape index (κ3) is 3.58. The van der Waals surface area contributed by atoms with Gasteiger partial charge in [0.15, 0.2) is 0 Å². The summed E-state index contributed by atoms with van der Waals surface area (Å²) in [7, 11) is 0. The van der Waals surface area contributed by atoms with Crippen LogP contribution in [0, 0.1) is 5.92 Å². The van der Waals surface area contributed by atoms with Gasteiger partial charge in [0.05, 0.1) is 0 Å². The van der Waals surface area contributed by atoms with E-state index < -0.39 is 0 Å². The first-order valence-corrected chi connectivity index (χ1v) is 5.82. The second-order valence-electron chi connectivity index (χ2n) is 2.79. The van der Waals surface area contributed by atoms with Gasteiger partial charge in [0, 0.05) is 0 Å². The zero-order chi connectivity index (χ0) is 5.82. The molecule has 0 unspecified atom stereocenters. The van der Waals surface area contributed by atoms with Crippen LogP contribution in [0.5, 0.6) is 0 Å². The van der Waals surface area contributed by atoms with Crippen LogP contribution in [0.3, 0.4) is 0 Å². The van der Waals surface area contributed by atoms with Gasteiger partial charge in [-0.05, 0) is 0 Å². The van der Waals surface area contributed by atoms with Crippen molar-refractivity contribution in [1.29, 1.82) is 0 Å². The van der Waals surface area contributed by atoms with Gasteiger partial charge in [-0.15, -0.1) is 0 Å². The Labute approximate surface area is 73.9 Å². The zero-order valence-corrected chi connectivity index (χ0v) is 9.63. The number of halogens is 1. The Hall–Kier alpha value is 0.913. The van der Waals surface area contributed by atoms with Crippen molar-refractivity contribution < 1.29 is 30.7 Å². The van der Waals surface area contributed by atoms with Gasteiger partial charge in [-0.1, -0.05) is 0 Å². The van der Waals surface area contributed by atoms with Gasteiger partial charge in [-0.2, -0.15) is 0 Å². The van der Waals surface area contributed by atoms with Gasteiger partial charge in [0.1, 0.15) is 0 Å². The molecule has 0 radical (unpaired) electrons. The SMILES string of the molecule is [Cl-].[Zn+][CH2]C1CCCCC1. The Morgan fingerprint density at radius 1 is 1.11 bits per heavy atom. The van der Waals surface area contributed by atoms with Crippen LogP contribution in [0.2, 0.25) is 5.02 Å². The van der Waals surface area contributed by atoms with Crippen LogP contribution in [0.15, 0.2) is 0 Å². The molecule has 0 bridgehead atoms. The molecule has 0 saturated heterocycles. The van der Waals surface area contributed by atoms with Gasteiger partial charge < -0.3 is 12.4 Å². The summed E-state index contributed by atoms with van der Waals surface area (Å²) in [6.45, 7) is 0. The molecule has 0 N–H and O–H groups in total. The molecule has 0 amide bonds. The van der Waals surface area contributed by atoms with Crippen molar-refractivity contribution in [3.8, 4) is 0 Å². The standard InChI is InChI=1S/C7H13.ClH.Zn/c1-7-5-3-2-4-6-7;;/h7H,1-6H2;1H;/q;;+1/p-1. The fourth-order valence-corrected chi connectivity index (χ4v) is 2.69. The van der Waals surface area contributed by atoms with E-state index in [1.807, 2.05) is 0 Å². The van der Waals surface area contributed by atoms with Crippen LogP contribution in [0.4, 0.5) is 0 Å². The van der Waals surface area contributed by atoms with Gasteiger partial charge in [-0.3, -0.25) is 0 Å². The normalized spacial score (nSPS) is 21.1. The van der Waals surface area contributed by atoms with Gasteiger partial charge in [-0.25, -0.2) is 0 Å². The second-order valence-corrected chi connectivity index (χ2v) is 4.00. The molecule has 1 aliphatic rings. The van der Waals surface area contributed by atoms with Crippen LogP contribution < -0.4 is 12.4 Å². The average molecular weight is 198 g/mol. The Morgan fingerprint density at radius 2 is 1.67 bits per heavy atom. The second kappa shape index (κ2) is 5.68. The maximum absolute atomic E-state index is 1.54. The van der Waals surface area contributed by atoms with E-state index in [9.17, 15) is 0 Å². The molecular weight excluding hydrogens is 185 g/mol. The van der Waals surface area contributed by atoms with Crippen molar-refractivity contribution in [3.63, 3.8) is 0 Å². The number of hydrogen-bond donors (Lipinski definition) is 0. The molecule has 1 rings (SSSR count). The van der Waals surface area contributed by atoms with Crippen molar-refractivity contribution in [2.75, 3.05) is 0 Å². The fourth-order valence-electron chi connectivity index (χ4n) is 1.48. The van der Waals surface area contributed by atoms with Gasteiger partial charge >= 0.3 is 61.3 Å². The van der Waals surface area contributed by atoms with Gasteiger partial charge in [0.25, 0.3) is 0 Å². The van der Waals surface area contributed by atoms with Crippen molar-refractivity contribution in [2.24, 2.45) is 5.92 Å². The van der Waals surface area contributed by atoms with E-state index in [2.05, 4.69) is 0 Å². The molecule has 50 valence electrons. The average Bonchev–Trinajstić information content (AvgIpc) is 1.90. The molecule has 0 atom stereocenters. The predicted octanol–water partition coefficient (Wildman–Crippen LogP) is -0.464. The van der Waals surface area contributed by atoms with Crippen LogP contribution in [0.1, 0.15) is 32.1 Å². The summed E-state index contributed by atoms with van der Waals surface area (Å²) < 4.78 is 0. The van der Waals surface area contributed by atoms with Crippen LogP contribution in [-0.4, -0.2) is 0 Å². The van der Waals surface area contributed by atoms with E-state index in [0.29, 0.717) is 0 Å². The van der Waals surface area contributed by atoms with E-state index >= 15 is 0 Å². The summed E-state index contributed by atoms with van der Waals surface area (Å²) in [5.74, 6) is 1.14. The third-order valence-corrected chi connectivity index (χ3v) is 3.85. The van der Waals surface area contributed by atoms with E-state index in [1.54, 1.807) is 17.9 Å². The molecule has 0 aromatic rings. The van der Waals surface area contributed by atoms with E-state index in [0.717, 1.165) is 5.92 Å². The van der Waals surface area contributed by atoms with E-state index in [1.165, 1.54) is 37.6 Å². The molecule has 0 aliphatic heterocycles. The first-order chi connectivity index (χ1) is 3.93. The molecule has 1 fully saturated rings. The molecule has 0 aromatic heterocycles. The summed E-state index contributed by atoms with van der Waals surface area (Å²) in [4.78, 5) is 0. The van der Waals surface area contributed by atoms with Gasteiger partial charge in [0.2, 0.25) is 0 Å². The Balaban J connectivity index is 0.000000640. The Kier molecular flexibility index (Phi) is 6.26. The fraction of sp³-hybridized carbons (Fsp3) is 1.00. The zero-order valence-electron chi connectivity index (χ0n) is 5.91. The van der Waals surface area contributed by atoms with Crippen molar-refractivity contribution in [2.45, 2.75) is 37.1 Å². The first kappa shape index (κ1) is 9.91. The summed E-state index contributed by atoms with van der Waals surface area (Å²) in [6.07, 6.45) is 7.63. The number of rotatable bonds is 1. The van der Waals surface area contributed by atoms with Crippen LogP contribution in [-0.2, 0) is 18.3 Å². The van der Waals surface area contributed by atoms with Crippen molar-refractivity contribution in [1.82, 2.24) is 0 Å². The quantitative estimate of drug-likeness (QED) is 0.500. The Morgan fingerprint density at radius 3 is 2.00 bits per heavy atom. The van der Waals surface area contributed by atoms with E-state index in [-0.39, 0.29) is 12.4 Å². The molecule has 0 heterocycles. The molecule has 0 nitrogen and oxygen atoms in total. The van der Waals surface area contributed by atoms with Crippen molar-refractivity contribution >= 4 is 0 Å². The topological polar surface area (TPSA) is 0 Å². The van der Waals surface area contributed by atoms with Crippen LogP contribution >= 0.6 is 0 Å². The molecule has 2 heteroatoms. The predicted molar refractivity (Wildman–Crippen MR) is 31.4 cm³/mol. The van der Waals surface area contributed by atoms with Crippen LogP contribution in [0.25, 0.3) is 0 Å². The molecule has 1 saturated carbocycles.